The van der Waals surface area contributed by atoms with Crippen LogP contribution in [0.4, 0.5) is 0 Å². The number of H-pyrrole nitrogens is 1. The van der Waals surface area contributed by atoms with Crippen LogP contribution in [0.15, 0.2) is 36.5 Å². The number of benzene rings is 1. The molecule has 0 aliphatic heterocycles. The van der Waals surface area contributed by atoms with Crippen molar-refractivity contribution in [3.63, 3.8) is 0 Å². The summed E-state index contributed by atoms with van der Waals surface area (Å²) in [5, 5.41) is 9.68. The number of hydrogen-bond donors (Lipinski definition) is 2. The molecule has 0 atom stereocenters. The largest absolute Gasteiger partial charge is 0.366 e. The fourth-order valence-electron chi connectivity index (χ4n) is 1.75. The van der Waals surface area contributed by atoms with E-state index in [1.54, 1.807) is 6.20 Å². The summed E-state index contributed by atoms with van der Waals surface area (Å²) in [6.45, 7) is 6.35. The summed E-state index contributed by atoms with van der Waals surface area (Å²) in [6.07, 6.45) is 1.72. The van der Waals surface area contributed by atoms with E-state index < -0.39 is 0 Å². The molecule has 1 heterocycles. The van der Waals surface area contributed by atoms with Gasteiger partial charge < -0.3 is 10.1 Å². The molecule has 0 saturated heterocycles. The van der Waals surface area contributed by atoms with Crippen LogP contribution in [-0.2, 0) is 16.1 Å². The van der Waals surface area contributed by atoms with Gasteiger partial charge in [0.15, 0.2) is 0 Å². The minimum atomic E-state index is -0.303. The summed E-state index contributed by atoms with van der Waals surface area (Å²) in [6, 6.07) is 9.89. The standard InChI is InChI=1S/C16H21N3O2/c1-16(2,3)21-11-15(20)17-10-12-4-6-13(7-5-12)14-8-9-18-19-14/h4-9H,10-11H2,1-3H3,(H,17,20)(H,18,19). The molecule has 2 N–H and O–H groups in total. The van der Waals surface area contributed by atoms with E-state index in [1.165, 1.54) is 0 Å². The quantitative estimate of drug-likeness (QED) is 0.888. The van der Waals surface area contributed by atoms with Gasteiger partial charge in [-0.2, -0.15) is 5.10 Å². The summed E-state index contributed by atoms with van der Waals surface area (Å²) in [7, 11) is 0. The Labute approximate surface area is 124 Å². The molecule has 1 aromatic heterocycles. The lowest BCUT2D eigenvalue weighted by atomic mass is 10.1. The van der Waals surface area contributed by atoms with Crippen LogP contribution in [0.25, 0.3) is 11.3 Å². The molecule has 5 nitrogen and oxygen atoms in total. The molecule has 1 amide bonds. The van der Waals surface area contributed by atoms with E-state index in [4.69, 9.17) is 4.74 Å². The molecule has 0 unspecified atom stereocenters. The second-order valence-electron chi connectivity index (χ2n) is 5.85. The Kier molecular flexibility index (Phi) is 4.75. The third-order valence-electron chi connectivity index (χ3n) is 2.89. The first-order valence-electron chi connectivity index (χ1n) is 6.93. The average Bonchev–Trinajstić information content (AvgIpc) is 2.97. The van der Waals surface area contributed by atoms with E-state index in [-0.39, 0.29) is 18.1 Å². The maximum absolute atomic E-state index is 11.7. The first kappa shape index (κ1) is 15.3. The lowest BCUT2D eigenvalue weighted by molar-refractivity contribution is -0.130. The van der Waals surface area contributed by atoms with Crippen LogP contribution in [0, 0.1) is 0 Å². The SMILES string of the molecule is CC(C)(C)OCC(=O)NCc1ccc(-c2ccn[nH]2)cc1. The molecular formula is C16H21N3O2. The minimum Gasteiger partial charge on any atom is -0.366 e. The van der Waals surface area contributed by atoms with Crippen LogP contribution in [0.5, 0.6) is 0 Å². The zero-order chi connectivity index (χ0) is 15.3. The molecule has 112 valence electrons. The Balaban J connectivity index is 1.82. The van der Waals surface area contributed by atoms with Gasteiger partial charge in [-0.05, 0) is 38.0 Å². The molecule has 2 aromatic rings. The van der Waals surface area contributed by atoms with Crippen LogP contribution >= 0.6 is 0 Å². The zero-order valence-electron chi connectivity index (χ0n) is 12.6. The maximum atomic E-state index is 11.7. The molecule has 21 heavy (non-hydrogen) atoms. The summed E-state index contributed by atoms with van der Waals surface area (Å²) in [5.41, 5.74) is 2.79. The highest BCUT2D eigenvalue weighted by Gasteiger charge is 2.12. The highest BCUT2D eigenvalue weighted by Crippen LogP contribution is 2.16. The number of amides is 1. The van der Waals surface area contributed by atoms with Gasteiger partial charge in [-0.3, -0.25) is 9.89 Å². The van der Waals surface area contributed by atoms with Crippen molar-refractivity contribution in [2.45, 2.75) is 32.9 Å². The number of nitrogens with one attached hydrogen (secondary N) is 2. The van der Waals surface area contributed by atoms with Crippen LogP contribution in [0.2, 0.25) is 0 Å². The van der Waals surface area contributed by atoms with Crippen molar-refractivity contribution >= 4 is 5.91 Å². The summed E-state index contributed by atoms with van der Waals surface area (Å²) < 4.78 is 5.42. The van der Waals surface area contributed by atoms with Gasteiger partial charge in [0.1, 0.15) is 6.61 Å². The third-order valence-corrected chi connectivity index (χ3v) is 2.89. The number of carbonyl (C=O) groups excluding carboxylic acids is 1. The topological polar surface area (TPSA) is 67.0 Å². The fourth-order valence-corrected chi connectivity index (χ4v) is 1.75. The molecule has 0 radical (unpaired) electrons. The molecule has 0 aliphatic carbocycles. The smallest absolute Gasteiger partial charge is 0.246 e. The molecule has 0 aliphatic rings. The molecule has 0 bridgehead atoms. The maximum Gasteiger partial charge on any atom is 0.246 e. The molecule has 1 aromatic carbocycles. The molecule has 0 saturated carbocycles. The number of ether oxygens (including phenoxy) is 1. The van der Waals surface area contributed by atoms with E-state index in [2.05, 4.69) is 15.5 Å². The van der Waals surface area contributed by atoms with Gasteiger partial charge in [0, 0.05) is 12.7 Å². The van der Waals surface area contributed by atoms with Crippen LogP contribution < -0.4 is 5.32 Å². The van der Waals surface area contributed by atoms with Gasteiger partial charge >= 0.3 is 0 Å². The lowest BCUT2D eigenvalue weighted by Crippen LogP contribution is -2.31. The van der Waals surface area contributed by atoms with Crippen LogP contribution in [-0.4, -0.2) is 28.3 Å². The van der Waals surface area contributed by atoms with Crippen LogP contribution in [0.3, 0.4) is 0 Å². The molecular weight excluding hydrogens is 266 g/mol. The number of rotatable bonds is 5. The van der Waals surface area contributed by atoms with Gasteiger partial charge in [0.2, 0.25) is 5.91 Å². The Morgan fingerprint density at radius 1 is 1.24 bits per heavy atom. The Hall–Kier alpha value is -2.14. The number of carbonyl (C=O) groups is 1. The Morgan fingerprint density at radius 2 is 1.95 bits per heavy atom. The number of aromatic amines is 1. The summed E-state index contributed by atoms with van der Waals surface area (Å²) in [5.74, 6) is -0.109. The second kappa shape index (κ2) is 6.54. The fraction of sp³-hybridized carbons (Fsp3) is 0.375. The van der Waals surface area contributed by atoms with Crippen molar-refractivity contribution in [1.29, 1.82) is 0 Å². The lowest BCUT2D eigenvalue weighted by Gasteiger charge is -2.19. The van der Waals surface area contributed by atoms with Gasteiger partial charge in [-0.1, -0.05) is 24.3 Å². The van der Waals surface area contributed by atoms with Gasteiger partial charge in [0.05, 0.1) is 11.3 Å². The molecule has 0 fully saturated rings. The highest BCUT2D eigenvalue weighted by molar-refractivity contribution is 5.77. The van der Waals surface area contributed by atoms with Crippen molar-refractivity contribution in [1.82, 2.24) is 15.5 Å². The first-order valence-corrected chi connectivity index (χ1v) is 6.93. The predicted octanol–water partition coefficient (Wildman–Crippen LogP) is 2.51. The van der Waals surface area contributed by atoms with Crippen molar-refractivity contribution in [2.24, 2.45) is 0 Å². The highest BCUT2D eigenvalue weighted by atomic mass is 16.5. The number of hydrogen-bond acceptors (Lipinski definition) is 3. The second-order valence-corrected chi connectivity index (χ2v) is 5.85. The van der Waals surface area contributed by atoms with Crippen molar-refractivity contribution < 1.29 is 9.53 Å². The normalized spacial score (nSPS) is 11.4. The average molecular weight is 287 g/mol. The zero-order valence-corrected chi connectivity index (χ0v) is 12.6. The third kappa shape index (κ3) is 5.04. The number of nitrogens with zero attached hydrogens (tertiary/aromatic N) is 1. The van der Waals surface area contributed by atoms with E-state index in [0.29, 0.717) is 6.54 Å². The monoisotopic (exact) mass is 287 g/mol. The van der Waals surface area contributed by atoms with Gasteiger partial charge in [-0.15, -0.1) is 0 Å². The van der Waals surface area contributed by atoms with E-state index in [1.807, 2.05) is 51.1 Å². The molecule has 0 spiro atoms. The van der Waals surface area contributed by atoms with E-state index in [0.717, 1.165) is 16.8 Å². The summed E-state index contributed by atoms with van der Waals surface area (Å²) >= 11 is 0. The number of aromatic nitrogens is 2. The molecule has 5 heteroatoms. The Morgan fingerprint density at radius 3 is 2.52 bits per heavy atom. The predicted molar refractivity (Wildman–Crippen MR) is 81.6 cm³/mol. The van der Waals surface area contributed by atoms with E-state index in [9.17, 15) is 4.79 Å². The first-order chi connectivity index (χ1) is 9.94. The van der Waals surface area contributed by atoms with Crippen LogP contribution in [0.1, 0.15) is 26.3 Å². The summed E-state index contributed by atoms with van der Waals surface area (Å²) in [4.78, 5) is 11.7. The van der Waals surface area contributed by atoms with Gasteiger partial charge in [0.25, 0.3) is 0 Å². The Bertz CT molecular complexity index is 569. The minimum absolute atomic E-state index is 0.0791. The van der Waals surface area contributed by atoms with E-state index >= 15 is 0 Å². The van der Waals surface area contributed by atoms with Crippen molar-refractivity contribution in [3.8, 4) is 11.3 Å². The molecule has 2 rings (SSSR count). The van der Waals surface area contributed by atoms with Crippen molar-refractivity contribution in [2.75, 3.05) is 6.61 Å². The van der Waals surface area contributed by atoms with Gasteiger partial charge in [-0.25, -0.2) is 0 Å². The van der Waals surface area contributed by atoms with Crippen molar-refractivity contribution in [3.05, 3.63) is 42.1 Å².